The van der Waals surface area contributed by atoms with Crippen LogP contribution in [0.2, 0.25) is 5.02 Å². The molecule has 0 unspecified atom stereocenters. The molecule has 1 heterocycles. The van der Waals surface area contributed by atoms with Gasteiger partial charge in [-0.2, -0.15) is 0 Å². The Labute approximate surface area is 146 Å². The van der Waals surface area contributed by atoms with E-state index in [1.807, 2.05) is 48.9 Å². The van der Waals surface area contributed by atoms with Crippen molar-refractivity contribution in [3.05, 3.63) is 70.9 Å². The minimum absolute atomic E-state index is 0.228. The first kappa shape index (κ1) is 16.3. The predicted molar refractivity (Wildman–Crippen MR) is 97.5 cm³/mol. The number of aryl methyl sites for hydroxylation is 2. The molecule has 0 saturated carbocycles. The Morgan fingerprint density at radius 1 is 1.21 bits per heavy atom. The third kappa shape index (κ3) is 3.49. The van der Waals surface area contributed by atoms with Gasteiger partial charge in [0.2, 0.25) is 5.95 Å². The molecule has 3 aromatic rings. The second kappa shape index (κ2) is 6.89. The summed E-state index contributed by atoms with van der Waals surface area (Å²) in [5.41, 5.74) is 3.55. The van der Waals surface area contributed by atoms with Crippen molar-refractivity contribution in [3.63, 3.8) is 0 Å². The quantitative estimate of drug-likeness (QED) is 0.743. The van der Waals surface area contributed by atoms with Gasteiger partial charge in [0, 0.05) is 28.9 Å². The fraction of sp³-hybridized carbons (Fsp3) is 0.158. The van der Waals surface area contributed by atoms with E-state index >= 15 is 0 Å². The molecule has 3 rings (SSSR count). The van der Waals surface area contributed by atoms with Gasteiger partial charge in [0.1, 0.15) is 0 Å². The Kier molecular flexibility index (Phi) is 4.67. The van der Waals surface area contributed by atoms with Crippen molar-refractivity contribution < 1.29 is 4.79 Å². The molecule has 0 saturated heterocycles. The summed E-state index contributed by atoms with van der Waals surface area (Å²) >= 11 is 5.95. The maximum Gasteiger partial charge on any atom is 0.258 e. The molecule has 1 amide bonds. The number of hydrogen-bond donors (Lipinski definition) is 1. The Hall–Kier alpha value is -2.59. The molecule has 0 atom stereocenters. The van der Waals surface area contributed by atoms with Crippen molar-refractivity contribution in [3.8, 4) is 11.3 Å². The normalized spacial score (nSPS) is 10.6. The molecule has 0 bridgehead atoms. The number of nitrogens with zero attached hydrogens (tertiary/aromatic N) is 2. The maximum absolute atomic E-state index is 12.4. The molecule has 0 aliphatic heterocycles. The van der Waals surface area contributed by atoms with Crippen LogP contribution >= 0.6 is 11.6 Å². The smallest absolute Gasteiger partial charge is 0.258 e. The lowest BCUT2D eigenvalue weighted by molar-refractivity contribution is 0.102. The summed E-state index contributed by atoms with van der Waals surface area (Å²) in [5, 5.41) is 3.39. The third-order valence-electron chi connectivity index (χ3n) is 3.78. The van der Waals surface area contributed by atoms with Crippen LogP contribution in [-0.2, 0) is 6.54 Å². The van der Waals surface area contributed by atoms with E-state index in [-0.39, 0.29) is 5.91 Å². The molecular weight excluding hydrogens is 322 g/mol. The van der Waals surface area contributed by atoms with Gasteiger partial charge in [0.15, 0.2) is 0 Å². The van der Waals surface area contributed by atoms with Crippen LogP contribution in [0.15, 0.2) is 54.7 Å². The highest BCUT2D eigenvalue weighted by atomic mass is 35.5. The first-order chi connectivity index (χ1) is 11.6. The number of anilines is 1. The van der Waals surface area contributed by atoms with Gasteiger partial charge in [-0.15, -0.1) is 0 Å². The van der Waals surface area contributed by atoms with Gasteiger partial charge in [0.25, 0.3) is 5.91 Å². The zero-order valence-corrected chi connectivity index (χ0v) is 14.3. The summed E-state index contributed by atoms with van der Waals surface area (Å²) in [6, 6.07) is 15.0. The summed E-state index contributed by atoms with van der Waals surface area (Å²) in [7, 11) is 0. The molecule has 0 spiro atoms. The highest BCUT2D eigenvalue weighted by Crippen LogP contribution is 2.22. The highest BCUT2D eigenvalue weighted by Gasteiger charge is 2.13. The second-order valence-electron chi connectivity index (χ2n) is 5.57. The topological polar surface area (TPSA) is 46.9 Å². The summed E-state index contributed by atoms with van der Waals surface area (Å²) in [6.45, 7) is 4.77. The number of aromatic nitrogens is 2. The van der Waals surface area contributed by atoms with E-state index in [9.17, 15) is 4.79 Å². The lowest BCUT2D eigenvalue weighted by atomic mass is 10.1. The molecule has 24 heavy (non-hydrogen) atoms. The fourth-order valence-corrected chi connectivity index (χ4v) is 2.61. The molecular formula is C19H18ClN3O. The summed E-state index contributed by atoms with van der Waals surface area (Å²) in [6.07, 6.45) is 1.94. The number of imidazole rings is 1. The van der Waals surface area contributed by atoms with E-state index < -0.39 is 0 Å². The second-order valence-corrected chi connectivity index (χ2v) is 6.00. The number of halogens is 1. The lowest BCUT2D eigenvalue weighted by Gasteiger charge is -2.06. The average Bonchev–Trinajstić information content (AvgIpc) is 2.98. The van der Waals surface area contributed by atoms with Gasteiger partial charge in [0.05, 0.1) is 5.69 Å². The summed E-state index contributed by atoms with van der Waals surface area (Å²) < 4.78 is 1.91. The lowest BCUT2D eigenvalue weighted by Crippen LogP contribution is -2.15. The van der Waals surface area contributed by atoms with Crippen molar-refractivity contribution in [1.82, 2.24) is 9.55 Å². The van der Waals surface area contributed by atoms with E-state index in [1.54, 1.807) is 24.3 Å². The number of benzene rings is 2. The van der Waals surface area contributed by atoms with Crippen LogP contribution in [0.5, 0.6) is 0 Å². The Morgan fingerprint density at radius 2 is 1.96 bits per heavy atom. The van der Waals surface area contributed by atoms with Crippen molar-refractivity contribution in [2.45, 2.75) is 20.4 Å². The first-order valence-corrected chi connectivity index (χ1v) is 8.15. The predicted octanol–water partition coefficient (Wildman–Crippen LogP) is 4.78. The molecule has 0 aliphatic carbocycles. The van der Waals surface area contributed by atoms with E-state index in [4.69, 9.17) is 11.6 Å². The molecule has 5 heteroatoms. The number of hydrogen-bond acceptors (Lipinski definition) is 2. The van der Waals surface area contributed by atoms with Gasteiger partial charge in [-0.1, -0.05) is 47.5 Å². The molecule has 122 valence electrons. The summed E-state index contributed by atoms with van der Waals surface area (Å²) in [4.78, 5) is 17.0. The minimum atomic E-state index is -0.228. The van der Waals surface area contributed by atoms with Crippen LogP contribution in [0.25, 0.3) is 11.3 Å². The monoisotopic (exact) mass is 339 g/mol. The number of carbonyl (C=O) groups is 1. The van der Waals surface area contributed by atoms with E-state index in [0.717, 1.165) is 11.3 Å². The first-order valence-electron chi connectivity index (χ1n) is 7.78. The van der Waals surface area contributed by atoms with E-state index in [2.05, 4.69) is 10.3 Å². The van der Waals surface area contributed by atoms with Crippen LogP contribution in [-0.4, -0.2) is 15.5 Å². The molecule has 2 aromatic carbocycles. The van der Waals surface area contributed by atoms with Crippen LogP contribution in [0.3, 0.4) is 0 Å². The molecule has 1 aromatic heterocycles. The van der Waals surface area contributed by atoms with Crippen molar-refractivity contribution in [2.24, 2.45) is 0 Å². The zero-order chi connectivity index (χ0) is 17.1. The van der Waals surface area contributed by atoms with Crippen molar-refractivity contribution in [2.75, 3.05) is 5.32 Å². The maximum atomic E-state index is 12.4. The van der Waals surface area contributed by atoms with Crippen LogP contribution in [0, 0.1) is 6.92 Å². The standard InChI is InChI=1S/C19H18ClN3O/c1-3-23-12-17(14-9-7-13(2)8-10-14)21-19(23)22-18(24)15-5-4-6-16(20)11-15/h4-12H,3H2,1-2H3,(H,21,22,24). The Morgan fingerprint density at radius 3 is 2.62 bits per heavy atom. The van der Waals surface area contributed by atoms with Crippen molar-refractivity contribution in [1.29, 1.82) is 0 Å². The number of nitrogens with one attached hydrogen (secondary N) is 1. The van der Waals surface area contributed by atoms with E-state index in [1.165, 1.54) is 5.56 Å². The van der Waals surface area contributed by atoms with Crippen molar-refractivity contribution >= 4 is 23.5 Å². The van der Waals surface area contributed by atoms with Gasteiger partial charge in [-0.25, -0.2) is 4.98 Å². The van der Waals surface area contributed by atoms with Gasteiger partial charge in [-0.3, -0.25) is 10.1 Å². The Bertz CT molecular complexity index is 869. The molecule has 1 N–H and O–H groups in total. The van der Waals surface area contributed by atoms with Gasteiger partial charge in [-0.05, 0) is 32.0 Å². The average molecular weight is 340 g/mol. The number of amides is 1. The zero-order valence-electron chi connectivity index (χ0n) is 13.6. The third-order valence-corrected chi connectivity index (χ3v) is 4.01. The van der Waals surface area contributed by atoms with Gasteiger partial charge < -0.3 is 4.57 Å². The van der Waals surface area contributed by atoms with Crippen LogP contribution in [0.4, 0.5) is 5.95 Å². The van der Waals surface area contributed by atoms with Gasteiger partial charge >= 0.3 is 0 Å². The molecule has 0 radical (unpaired) electrons. The molecule has 0 aliphatic rings. The number of rotatable bonds is 4. The molecule has 4 nitrogen and oxygen atoms in total. The SMILES string of the molecule is CCn1cc(-c2ccc(C)cc2)nc1NC(=O)c1cccc(Cl)c1. The highest BCUT2D eigenvalue weighted by molar-refractivity contribution is 6.31. The van der Waals surface area contributed by atoms with E-state index in [0.29, 0.717) is 23.1 Å². The Balaban J connectivity index is 1.88. The largest absolute Gasteiger partial charge is 0.317 e. The number of carbonyl (C=O) groups excluding carboxylic acids is 1. The van der Waals surface area contributed by atoms with Crippen LogP contribution < -0.4 is 5.32 Å². The van der Waals surface area contributed by atoms with Crippen LogP contribution in [0.1, 0.15) is 22.8 Å². The molecule has 0 fully saturated rings. The minimum Gasteiger partial charge on any atom is -0.317 e. The fourth-order valence-electron chi connectivity index (χ4n) is 2.42. The summed E-state index contributed by atoms with van der Waals surface area (Å²) in [5.74, 6) is 0.298.